The Balaban J connectivity index is 0.000000251. The smallest absolute Gasteiger partial charge is 0.164 e. The molecular formula is C41H48IrNO2S3-. The van der Waals surface area contributed by atoms with Crippen LogP contribution in [0.5, 0.6) is 0 Å². The number of carbonyl (C=O) groups excluding carboxylic acids is 1. The van der Waals surface area contributed by atoms with E-state index in [1.165, 1.54) is 57.5 Å². The number of fused-ring (bicyclic) bond motifs is 6. The van der Waals surface area contributed by atoms with E-state index in [0.717, 1.165) is 36.9 Å². The molecule has 0 bridgehead atoms. The third-order valence-corrected chi connectivity index (χ3v) is 13.7. The first-order chi connectivity index (χ1) is 22.2. The number of nitrogens with zero attached hydrogens (tertiary/aromatic N) is 1. The summed E-state index contributed by atoms with van der Waals surface area (Å²) in [6, 6.07) is 14.9. The molecule has 0 aliphatic heterocycles. The normalized spacial score (nSPS) is 12.8. The van der Waals surface area contributed by atoms with Gasteiger partial charge in [-0.05, 0) is 82.0 Å². The summed E-state index contributed by atoms with van der Waals surface area (Å²) in [6.45, 7) is 21.1. The van der Waals surface area contributed by atoms with Gasteiger partial charge in [0.15, 0.2) is 5.78 Å². The van der Waals surface area contributed by atoms with Crippen molar-refractivity contribution in [3.63, 3.8) is 0 Å². The van der Waals surface area contributed by atoms with Crippen LogP contribution >= 0.6 is 34.0 Å². The SMILES string of the molecule is CCC(C)(CC)C(=O)/C=C(\O)C(C)(CC)CC.Cc1csc2c1ccc1sc3c(-c4[c-]c5ccsc5c(C(C)(C)C)c4)nccc3c12.[Ir]. The average Bonchev–Trinajstić information content (AvgIpc) is 3.79. The predicted molar refractivity (Wildman–Crippen MR) is 209 cm³/mol. The second-order valence-electron chi connectivity index (χ2n) is 14.3. The van der Waals surface area contributed by atoms with Crippen LogP contribution in [-0.2, 0) is 30.3 Å². The second kappa shape index (κ2) is 14.8. The van der Waals surface area contributed by atoms with E-state index in [1.54, 1.807) is 0 Å². The van der Waals surface area contributed by atoms with E-state index >= 15 is 0 Å². The number of hydrogen-bond acceptors (Lipinski definition) is 6. The molecular weight excluding hydrogens is 827 g/mol. The van der Waals surface area contributed by atoms with E-state index in [0.29, 0.717) is 0 Å². The molecule has 48 heavy (non-hydrogen) atoms. The summed E-state index contributed by atoms with van der Waals surface area (Å²) in [4.78, 5) is 17.0. The minimum absolute atomic E-state index is 0. The third kappa shape index (κ3) is 7.09. The van der Waals surface area contributed by atoms with Crippen molar-refractivity contribution in [2.75, 3.05) is 0 Å². The molecule has 1 N–H and O–H groups in total. The fourth-order valence-electron chi connectivity index (χ4n) is 5.97. The molecule has 3 nitrogen and oxygen atoms in total. The summed E-state index contributed by atoms with van der Waals surface area (Å²) in [5, 5.41) is 19.8. The molecule has 0 saturated carbocycles. The van der Waals surface area contributed by atoms with Gasteiger partial charge in [0.1, 0.15) is 5.76 Å². The van der Waals surface area contributed by atoms with Crippen molar-refractivity contribution in [1.29, 1.82) is 0 Å². The number of carbonyl (C=O) groups is 1. The van der Waals surface area contributed by atoms with E-state index in [2.05, 4.69) is 74.9 Å². The maximum atomic E-state index is 12.2. The number of pyridine rings is 1. The van der Waals surface area contributed by atoms with Crippen molar-refractivity contribution < 1.29 is 30.0 Å². The summed E-state index contributed by atoms with van der Waals surface area (Å²) in [7, 11) is 0. The monoisotopic (exact) mass is 875 g/mol. The summed E-state index contributed by atoms with van der Waals surface area (Å²) in [5.41, 5.74) is 4.35. The quantitative estimate of drug-likeness (QED) is 0.0941. The Labute approximate surface area is 311 Å². The van der Waals surface area contributed by atoms with E-state index < -0.39 is 0 Å². The Hall–Kier alpha value is -2.41. The van der Waals surface area contributed by atoms with Crippen LogP contribution < -0.4 is 0 Å². The first-order valence-corrected chi connectivity index (χ1v) is 19.4. The van der Waals surface area contributed by atoms with Gasteiger partial charge < -0.3 is 5.11 Å². The molecule has 1 radical (unpaired) electrons. The Morgan fingerprint density at radius 3 is 2.17 bits per heavy atom. The Bertz CT molecular complexity index is 2100. The number of aromatic nitrogens is 1. The van der Waals surface area contributed by atoms with E-state index in [1.807, 2.05) is 81.7 Å². The molecule has 0 saturated heterocycles. The van der Waals surface area contributed by atoms with E-state index in [4.69, 9.17) is 4.98 Å². The molecule has 0 spiro atoms. The molecule has 0 amide bonds. The van der Waals surface area contributed by atoms with Crippen LogP contribution in [-0.4, -0.2) is 15.9 Å². The maximum Gasteiger partial charge on any atom is 0.164 e. The zero-order valence-electron chi connectivity index (χ0n) is 29.9. The molecule has 0 atom stereocenters. The number of aliphatic hydroxyl groups is 1. The van der Waals surface area contributed by atoms with Crippen LogP contribution in [0.4, 0.5) is 0 Å². The van der Waals surface area contributed by atoms with Gasteiger partial charge in [0.05, 0.1) is 0 Å². The van der Waals surface area contributed by atoms with Crippen molar-refractivity contribution in [3.8, 4) is 11.3 Å². The van der Waals surface area contributed by atoms with E-state index in [9.17, 15) is 9.90 Å². The van der Waals surface area contributed by atoms with Gasteiger partial charge in [0.25, 0.3) is 0 Å². The van der Waals surface area contributed by atoms with Crippen LogP contribution in [0.2, 0.25) is 0 Å². The fraction of sp³-hybridized carbons (Fsp3) is 0.415. The maximum absolute atomic E-state index is 12.2. The van der Waals surface area contributed by atoms with Gasteiger partial charge in [-0.2, -0.15) is 11.3 Å². The van der Waals surface area contributed by atoms with Crippen molar-refractivity contribution >= 4 is 80.1 Å². The van der Waals surface area contributed by atoms with Crippen molar-refractivity contribution in [1.82, 2.24) is 4.98 Å². The molecule has 0 aliphatic carbocycles. The van der Waals surface area contributed by atoms with Crippen LogP contribution in [0.3, 0.4) is 0 Å². The first-order valence-electron chi connectivity index (χ1n) is 16.8. The Morgan fingerprint density at radius 1 is 0.875 bits per heavy atom. The first kappa shape index (κ1) is 38.4. The van der Waals surface area contributed by atoms with Gasteiger partial charge >= 0.3 is 0 Å². The molecule has 0 aliphatic rings. The van der Waals surface area contributed by atoms with Gasteiger partial charge in [-0.15, -0.1) is 46.3 Å². The summed E-state index contributed by atoms with van der Waals surface area (Å²) >= 11 is 5.52. The minimum atomic E-state index is -0.337. The molecule has 0 fully saturated rings. The van der Waals surface area contributed by atoms with Crippen LogP contribution in [0.15, 0.2) is 59.1 Å². The Kier molecular flexibility index (Phi) is 11.9. The molecule has 6 rings (SSSR count). The zero-order valence-corrected chi connectivity index (χ0v) is 34.7. The van der Waals surface area contributed by atoms with Crippen LogP contribution in [0.25, 0.3) is 51.6 Å². The number of rotatable bonds is 8. The van der Waals surface area contributed by atoms with Crippen molar-refractivity contribution in [2.45, 2.75) is 100 Å². The number of benzene rings is 2. The van der Waals surface area contributed by atoms with Gasteiger partial charge in [0.2, 0.25) is 0 Å². The molecule has 6 aromatic rings. The number of hydrogen-bond donors (Lipinski definition) is 1. The van der Waals surface area contributed by atoms with Crippen LogP contribution in [0, 0.1) is 23.8 Å². The molecule has 0 unspecified atom stereocenters. The number of aryl methyl sites for hydroxylation is 1. The summed E-state index contributed by atoms with van der Waals surface area (Å²) in [6.07, 6.45) is 6.72. The molecule has 7 heteroatoms. The molecule has 2 aromatic carbocycles. The molecule has 257 valence electrons. The van der Waals surface area contributed by atoms with Gasteiger partial charge in [0, 0.05) is 68.4 Å². The Morgan fingerprint density at radius 2 is 1.54 bits per heavy atom. The van der Waals surface area contributed by atoms with Gasteiger partial charge in [-0.1, -0.05) is 79.5 Å². The zero-order chi connectivity index (χ0) is 34.3. The standard InChI is InChI=1S/C26H20NS3.C15H28O2.Ir/c1-14-13-29-24-17(14)5-6-20-21(24)18-7-9-27-22(25(18)30-20)16-11-15-8-10-28-23(15)19(12-16)26(2,3)4;1-7-14(5,8-2)12(16)11-13(17)15(6,9-3)10-4;/h5-10,12-13H,1-4H3;11,16H,7-10H2,1-6H3;/q-1;;/b;12-11-;. The molecule has 4 heterocycles. The number of aliphatic hydroxyl groups excluding tert-OH is 1. The third-order valence-electron chi connectivity index (χ3n) is 10.4. The second-order valence-corrected chi connectivity index (χ2v) is 17.2. The number of allylic oxidation sites excluding steroid dienone is 2. The average molecular weight is 875 g/mol. The fourth-order valence-corrected chi connectivity index (χ4v) is 9.44. The molecule has 4 aromatic heterocycles. The summed E-state index contributed by atoms with van der Waals surface area (Å²) in [5.74, 6) is 0.286. The van der Waals surface area contributed by atoms with Crippen LogP contribution in [0.1, 0.15) is 99.1 Å². The van der Waals surface area contributed by atoms with Crippen molar-refractivity contribution in [3.05, 3.63) is 76.3 Å². The number of ketones is 1. The number of thiophene rings is 3. The van der Waals surface area contributed by atoms with E-state index in [-0.39, 0.29) is 47.9 Å². The summed E-state index contributed by atoms with van der Waals surface area (Å²) < 4.78 is 5.32. The predicted octanol–water partition coefficient (Wildman–Crippen LogP) is 13.6. The van der Waals surface area contributed by atoms with Gasteiger partial charge in [-0.3, -0.25) is 9.78 Å². The largest absolute Gasteiger partial charge is 0.512 e. The minimum Gasteiger partial charge on any atom is -0.512 e. The topological polar surface area (TPSA) is 50.2 Å². The van der Waals surface area contributed by atoms with Crippen molar-refractivity contribution in [2.24, 2.45) is 10.8 Å². The van der Waals surface area contributed by atoms with Gasteiger partial charge in [-0.25, -0.2) is 0 Å².